The van der Waals surface area contributed by atoms with Crippen molar-refractivity contribution in [3.63, 3.8) is 0 Å². The van der Waals surface area contributed by atoms with Crippen molar-refractivity contribution >= 4 is 47.1 Å². The highest BCUT2D eigenvalue weighted by Gasteiger charge is 2.34. The van der Waals surface area contributed by atoms with E-state index < -0.39 is 103 Å². The summed E-state index contributed by atoms with van der Waals surface area (Å²) in [5.41, 5.74) is 0.763. The van der Waals surface area contributed by atoms with Crippen LogP contribution in [0.3, 0.4) is 0 Å². The summed E-state index contributed by atoms with van der Waals surface area (Å²) in [7, 11) is 2.76. The van der Waals surface area contributed by atoms with Gasteiger partial charge in [0.2, 0.25) is 29.5 Å². The number of phenols is 2. The first-order chi connectivity index (χ1) is 32.8. The molecule has 3 rings (SSSR count). The maximum Gasteiger partial charge on any atom is 0.334 e. The number of phenolic OH excluding ortho intramolecular Hbond substituents is 2. The molecule has 0 saturated carbocycles. The van der Waals surface area contributed by atoms with E-state index >= 15 is 0 Å². The first-order valence-corrected chi connectivity index (χ1v) is 24.4. The number of benzene rings is 2. The minimum atomic E-state index is -1.92. The fraction of sp³-hybridized carbons (Fsp3) is 0.608. The van der Waals surface area contributed by atoms with E-state index in [1.807, 2.05) is 0 Å². The van der Waals surface area contributed by atoms with Gasteiger partial charge in [0.05, 0.1) is 19.2 Å². The van der Waals surface area contributed by atoms with E-state index in [1.165, 1.54) is 127 Å². The maximum absolute atomic E-state index is 14.2. The van der Waals surface area contributed by atoms with Gasteiger partial charge in [-0.15, -0.1) is 0 Å². The van der Waals surface area contributed by atoms with E-state index in [4.69, 9.17) is 5.11 Å². The van der Waals surface area contributed by atoms with Crippen LogP contribution >= 0.6 is 0 Å². The molecule has 18 nitrogen and oxygen atoms in total. The standard InChI is InChI=1S/C51H75N5O13/c1-6-7-8-9-10-11-12-13-14-15-16-17-18-19-45(63)55(4)39(31-57)50(67)53-33(3)40(58)24-25-46(64)56(5)47-35-21-23-42(60)37(29-35)36-27-34(20-22-41(36)59)28-38(49(66)52-30-44(62)51(68)69)54-48(65)32(2)26-43(47)61/h20-23,27,29,32-33,38-39,44,47,57,59-60,62H,6-19,24-26,28,30-31H2,1-5H3,(H,52,66)(H,53,67)(H,54,65)(H,68,69)/t32-,33-,38+,39-,44?,47+/m1/s1. The summed E-state index contributed by atoms with van der Waals surface area (Å²) in [6, 6.07) is 3.28. The number of ketones is 2. The number of fused-ring (bicyclic) bond motifs is 5. The first-order valence-electron chi connectivity index (χ1n) is 24.4. The van der Waals surface area contributed by atoms with Crippen molar-refractivity contribution in [2.45, 2.75) is 167 Å². The highest BCUT2D eigenvalue weighted by atomic mass is 16.4. The number of aliphatic hydroxyl groups is 2. The van der Waals surface area contributed by atoms with Gasteiger partial charge in [0.15, 0.2) is 17.7 Å². The molecule has 5 amide bonds. The number of carboxylic acids is 1. The zero-order chi connectivity index (χ0) is 51.2. The molecule has 0 aliphatic carbocycles. The number of nitrogens with one attached hydrogen (secondary N) is 3. The normalized spacial score (nSPS) is 17.3. The van der Waals surface area contributed by atoms with Crippen molar-refractivity contribution in [2.24, 2.45) is 5.92 Å². The third kappa shape index (κ3) is 18.2. The van der Waals surface area contributed by atoms with Gasteiger partial charge in [-0.25, -0.2) is 4.79 Å². The lowest BCUT2D eigenvalue weighted by atomic mass is 9.89. The number of carboxylic acid groups (broad SMARTS) is 1. The molecule has 1 heterocycles. The van der Waals surface area contributed by atoms with Crippen molar-refractivity contribution in [1.82, 2.24) is 25.8 Å². The second-order valence-corrected chi connectivity index (χ2v) is 18.4. The zero-order valence-corrected chi connectivity index (χ0v) is 41.0. The highest BCUT2D eigenvalue weighted by molar-refractivity contribution is 5.97. The van der Waals surface area contributed by atoms with E-state index in [1.54, 1.807) is 0 Å². The van der Waals surface area contributed by atoms with Crippen LogP contribution in [0.15, 0.2) is 36.4 Å². The summed E-state index contributed by atoms with van der Waals surface area (Å²) in [6.45, 7) is 3.73. The molecule has 6 atom stereocenters. The summed E-state index contributed by atoms with van der Waals surface area (Å²) in [4.78, 5) is 108. The van der Waals surface area contributed by atoms with Gasteiger partial charge < -0.3 is 51.3 Å². The molecule has 1 aliphatic rings. The number of carbonyl (C=O) groups is 8. The van der Waals surface area contributed by atoms with Crippen molar-refractivity contribution in [2.75, 3.05) is 27.2 Å². The lowest BCUT2D eigenvalue weighted by molar-refractivity contribution is -0.146. The monoisotopic (exact) mass is 966 g/mol. The maximum atomic E-state index is 14.2. The SMILES string of the molecule is CCCCCCCCCCCCCCCC(=O)N(C)[C@H](CO)C(=O)N[C@H](C)C(=O)CCC(=O)N(C)[C@@H]1C(=O)C[C@@H](C)C(=O)N[C@H](C(=O)NCC(O)C(=O)O)Cc2ccc(O)c(c2)-c2cc1ccc2O. The Bertz CT molecular complexity index is 2080. The number of nitrogens with zero attached hydrogens (tertiary/aromatic N) is 2. The molecule has 0 saturated heterocycles. The zero-order valence-electron chi connectivity index (χ0n) is 41.0. The average molecular weight is 966 g/mol. The third-order valence-electron chi connectivity index (χ3n) is 12.8. The predicted octanol–water partition coefficient (Wildman–Crippen LogP) is 4.62. The van der Waals surface area contributed by atoms with Gasteiger partial charge in [-0.2, -0.15) is 0 Å². The number of amides is 5. The number of carbonyl (C=O) groups excluding carboxylic acids is 7. The number of unbranched alkanes of at least 4 members (excludes halogenated alkanes) is 12. The van der Waals surface area contributed by atoms with Gasteiger partial charge in [-0.1, -0.05) is 103 Å². The number of hydrogen-bond acceptors (Lipinski definition) is 12. The average Bonchev–Trinajstić information content (AvgIpc) is 3.31. The largest absolute Gasteiger partial charge is 0.507 e. The van der Waals surface area contributed by atoms with E-state index in [-0.39, 0.29) is 53.4 Å². The van der Waals surface area contributed by atoms with E-state index in [0.717, 1.165) is 24.2 Å². The van der Waals surface area contributed by atoms with Crippen LogP contribution in [-0.4, -0.2) is 134 Å². The van der Waals surface area contributed by atoms with E-state index in [9.17, 15) is 58.8 Å². The number of hydrogen-bond donors (Lipinski definition) is 8. The molecule has 1 unspecified atom stereocenters. The molecule has 1 aliphatic heterocycles. The van der Waals surface area contributed by atoms with Crippen molar-refractivity contribution in [1.29, 1.82) is 0 Å². The minimum Gasteiger partial charge on any atom is -0.507 e. The van der Waals surface area contributed by atoms with Crippen LogP contribution in [-0.2, 0) is 44.8 Å². The number of Topliss-reactive ketones (excluding diaryl/α,β-unsaturated/α-hetero) is 2. The van der Waals surface area contributed by atoms with E-state index in [2.05, 4.69) is 22.9 Å². The minimum absolute atomic E-state index is 0.0677. The van der Waals surface area contributed by atoms with Gasteiger partial charge in [0.1, 0.15) is 29.6 Å². The third-order valence-corrected chi connectivity index (χ3v) is 12.8. The Morgan fingerprint density at radius 2 is 1.33 bits per heavy atom. The lowest BCUT2D eigenvalue weighted by Crippen LogP contribution is -2.53. The van der Waals surface area contributed by atoms with Crippen LogP contribution in [0.4, 0.5) is 0 Å². The lowest BCUT2D eigenvalue weighted by Gasteiger charge is -2.30. The molecule has 2 aromatic carbocycles. The summed E-state index contributed by atoms with van der Waals surface area (Å²) in [5, 5.41) is 58.2. The molecule has 4 bridgehead atoms. The molecule has 69 heavy (non-hydrogen) atoms. The number of likely N-dealkylation sites (N-methyl/N-ethyl adjacent to an activating group) is 2. The Hall–Kier alpha value is -5.88. The number of aromatic hydroxyl groups is 2. The Balaban J connectivity index is 1.65. The Morgan fingerprint density at radius 3 is 1.91 bits per heavy atom. The van der Waals surface area contributed by atoms with Crippen LogP contribution < -0.4 is 16.0 Å². The smallest absolute Gasteiger partial charge is 0.334 e. The first kappa shape index (κ1) is 57.4. The summed E-state index contributed by atoms with van der Waals surface area (Å²) >= 11 is 0. The summed E-state index contributed by atoms with van der Waals surface area (Å²) in [6.07, 6.45) is 12.0. The van der Waals surface area contributed by atoms with Crippen LogP contribution in [0.25, 0.3) is 11.1 Å². The van der Waals surface area contributed by atoms with E-state index in [0.29, 0.717) is 12.0 Å². The quantitative estimate of drug-likeness (QED) is 0.0569. The Kier molecular flexibility index (Phi) is 24.3. The molecule has 8 N–H and O–H groups in total. The number of rotatable bonds is 27. The summed E-state index contributed by atoms with van der Waals surface area (Å²) < 4.78 is 0. The van der Waals surface area contributed by atoms with Gasteiger partial charge in [0.25, 0.3) is 0 Å². The van der Waals surface area contributed by atoms with Crippen molar-refractivity contribution < 1.29 is 63.9 Å². The van der Waals surface area contributed by atoms with Crippen LogP contribution in [0.2, 0.25) is 0 Å². The van der Waals surface area contributed by atoms with Gasteiger partial charge in [0, 0.05) is 63.2 Å². The molecule has 0 radical (unpaired) electrons. The Labute approximate surface area is 405 Å². The molecule has 0 fully saturated rings. The molecule has 0 aromatic heterocycles. The number of aliphatic carboxylic acids is 1. The topological polar surface area (TPSA) is 280 Å². The fourth-order valence-electron chi connectivity index (χ4n) is 8.35. The van der Waals surface area contributed by atoms with Crippen LogP contribution in [0.1, 0.15) is 147 Å². The highest BCUT2D eigenvalue weighted by Crippen LogP contribution is 2.39. The van der Waals surface area contributed by atoms with Gasteiger partial charge in [-0.05, 0) is 48.7 Å². The molecule has 2 aromatic rings. The van der Waals surface area contributed by atoms with Gasteiger partial charge in [-0.3, -0.25) is 33.6 Å². The molecule has 18 heteroatoms. The van der Waals surface area contributed by atoms with Crippen LogP contribution in [0, 0.1) is 5.92 Å². The molecule has 0 spiro atoms. The van der Waals surface area contributed by atoms with Crippen molar-refractivity contribution in [3.05, 3.63) is 47.5 Å². The van der Waals surface area contributed by atoms with Crippen LogP contribution in [0.5, 0.6) is 11.5 Å². The van der Waals surface area contributed by atoms with Gasteiger partial charge >= 0.3 is 5.97 Å². The summed E-state index contributed by atoms with van der Waals surface area (Å²) in [5.74, 6) is -7.68. The second kappa shape index (κ2) is 29.2. The predicted molar refractivity (Wildman–Crippen MR) is 258 cm³/mol. The van der Waals surface area contributed by atoms with Crippen molar-refractivity contribution in [3.8, 4) is 22.6 Å². The molecular weight excluding hydrogens is 891 g/mol. The fourth-order valence-corrected chi connectivity index (χ4v) is 8.35. The second-order valence-electron chi connectivity index (χ2n) is 18.4. The molecule has 382 valence electrons. The number of aliphatic hydroxyl groups excluding tert-OH is 2. The molecular formula is C51H75N5O13. The Morgan fingerprint density at radius 1 is 0.768 bits per heavy atom.